The summed E-state index contributed by atoms with van der Waals surface area (Å²) in [4.78, 5) is 15.8. The van der Waals surface area contributed by atoms with Crippen LogP contribution in [0.3, 0.4) is 0 Å². The molecule has 0 atom stereocenters. The van der Waals surface area contributed by atoms with Gasteiger partial charge in [0.05, 0.1) is 10.6 Å². The highest BCUT2D eigenvalue weighted by Crippen LogP contribution is 2.25. The third-order valence-electron chi connectivity index (χ3n) is 2.64. The molecule has 0 saturated heterocycles. The van der Waals surface area contributed by atoms with Crippen LogP contribution < -0.4 is 4.74 Å². The summed E-state index contributed by atoms with van der Waals surface area (Å²) in [5.41, 5.74) is 2.04. The van der Waals surface area contributed by atoms with Crippen LogP contribution in [0.1, 0.15) is 21.5 Å². The molecule has 3 nitrogen and oxygen atoms in total. The van der Waals surface area contributed by atoms with Crippen LogP contribution in [0.5, 0.6) is 5.75 Å². The summed E-state index contributed by atoms with van der Waals surface area (Å²) in [6.07, 6.45) is 1.34. The van der Waals surface area contributed by atoms with Crippen molar-refractivity contribution in [3.8, 4) is 5.75 Å². The van der Waals surface area contributed by atoms with E-state index in [2.05, 4.69) is 4.98 Å². The van der Waals surface area contributed by atoms with Crippen LogP contribution in [0, 0.1) is 13.8 Å². The largest absolute Gasteiger partial charge is 0.422 e. The predicted molar refractivity (Wildman–Crippen MR) is 75.1 cm³/mol. The first-order valence-corrected chi connectivity index (χ1v) is 6.34. The van der Waals surface area contributed by atoms with Crippen LogP contribution in [0.15, 0.2) is 30.5 Å². The predicted octanol–water partition coefficient (Wildman–Crippen LogP) is 4.22. The highest BCUT2D eigenvalue weighted by atomic mass is 35.5. The first-order chi connectivity index (χ1) is 8.99. The molecule has 0 amide bonds. The van der Waals surface area contributed by atoms with Gasteiger partial charge in [0.15, 0.2) is 0 Å². The fourth-order valence-electron chi connectivity index (χ4n) is 1.64. The summed E-state index contributed by atoms with van der Waals surface area (Å²) < 4.78 is 5.38. The van der Waals surface area contributed by atoms with E-state index in [1.165, 1.54) is 12.3 Å². The molecule has 0 N–H and O–H groups in total. The Morgan fingerprint density at radius 1 is 1.21 bits per heavy atom. The van der Waals surface area contributed by atoms with Crippen molar-refractivity contribution in [2.24, 2.45) is 0 Å². The zero-order valence-electron chi connectivity index (χ0n) is 10.4. The Labute approximate surface area is 121 Å². The lowest BCUT2D eigenvalue weighted by atomic mass is 10.1. The number of para-hydroxylation sites is 1. The van der Waals surface area contributed by atoms with Gasteiger partial charge in [0.25, 0.3) is 0 Å². The maximum absolute atomic E-state index is 12.0. The maximum Gasteiger partial charge on any atom is 0.345 e. The summed E-state index contributed by atoms with van der Waals surface area (Å²) >= 11 is 11.5. The molecule has 0 spiro atoms. The fourth-order valence-corrected chi connectivity index (χ4v) is 1.91. The Kier molecular flexibility index (Phi) is 4.08. The number of nitrogens with zero attached hydrogens (tertiary/aromatic N) is 1. The van der Waals surface area contributed by atoms with Crippen LogP contribution in [-0.2, 0) is 0 Å². The number of aromatic nitrogens is 1. The van der Waals surface area contributed by atoms with Crippen molar-refractivity contribution in [1.82, 2.24) is 4.98 Å². The van der Waals surface area contributed by atoms with E-state index >= 15 is 0 Å². The van der Waals surface area contributed by atoms with Crippen molar-refractivity contribution in [1.29, 1.82) is 0 Å². The van der Waals surface area contributed by atoms with Crippen molar-refractivity contribution in [3.05, 3.63) is 57.3 Å². The van der Waals surface area contributed by atoms with Gasteiger partial charge in [0.1, 0.15) is 10.9 Å². The first kappa shape index (κ1) is 13.8. The summed E-state index contributed by atoms with van der Waals surface area (Å²) in [5.74, 6) is 0.0436. The Hall–Kier alpha value is -1.58. The Morgan fingerprint density at radius 2 is 1.84 bits per heavy atom. The van der Waals surface area contributed by atoms with Gasteiger partial charge in [-0.25, -0.2) is 9.78 Å². The monoisotopic (exact) mass is 295 g/mol. The minimum Gasteiger partial charge on any atom is -0.422 e. The zero-order chi connectivity index (χ0) is 14.0. The second-order valence-corrected chi connectivity index (χ2v) is 4.87. The lowest BCUT2D eigenvalue weighted by molar-refractivity contribution is 0.0732. The number of hydrogen-bond acceptors (Lipinski definition) is 3. The average Bonchev–Trinajstić information content (AvgIpc) is 2.37. The lowest BCUT2D eigenvalue weighted by Crippen LogP contribution is -2.10. The van der Waals surface area contributed by atoms with Gasteiger partial charge in [0, 0.05) is 6.20 Å². The molecule has 1 aromatic carbocycles. The molecule has 0 aliphatic carbocycles. The molecule has 1 heterocycles. The lowest BCUT2D eigenvalue weighted by Gasteiger charge is -2.10. The Balaban J connectivity index is 2.28. The molecule has 2 aromatic rings. The number of benzene rings is 1. The molecular weight excluding hydrogens is 285 g/mol. The van der Waals surface area contributed by atoms with E-state index in [1.807, 2.05) is 32.0 Å². The Morgan fingerprint density at radius 3 is 2.42 bits per heavy atom. The molecule has 0 fully saturated rings. The Bertz CT molecular complexity index is 621. The van der Waals surface area contributed by atoms with Gasteiger partial charge in [0.2, 0.25) is 0 Å². The van der Waals surface area contributed by atoms with Crippen molar-refractivity contribution >= 4 is 29.2 Å². The average molecular weight is 296 g/mol. The van der Waals surface area contributed by atoms with Crippen LogP contribution in [0.25, 0.3) is 0 Å². The maximum atomic E-state index is 12.0. The van der Waals surface area contributed by atoms with E-state index in [4.69, 9.17) is 27.9 Å². The fraction of sp³-hybridized carbons (Fsp3) is 0.143. The second kappa shape index (κ2) is 5.59. The smallest absolute Gasteiger partial charge is 0.345 e. The molecule has 98 valence electrons. The number of carbonyl (C=O) groups is 1. The van der Waals surface area contributed by atoms with E-state index in [9.17, 15) is 4.79 Å². The van der Waals surface area contributed by atoms with E-state index in [-0.39, 0.29) is 15.7 Å². The van der Waals surface area contributed by atoms with Crippen molar-refractivity contribution in [3.63, 3.8) is 0 Å². The van der Waals surface area contributed by atoms with Crippen molar-refractivity contribution in [2.75, 3.05) is 0 Å². The molecule has 0 aliphatic rings. The van der Waals surface area contributed by atoms with Gasteiger partial charge in [-0.3, -0.25) is 0 Å². The number of esters is 1. The van der Waals surface area contributed by atoms with Gasteiger partial charge in [-0.2, -0.15) is 0 Å². The van der Waals surface area contributed by atoms with Gasteiger partial charge in [-0.1, -0.05) is 41.4 Å². The number of aryl methyl sites for hydroxylation is 2. The summed E-state index contributed by atoms with van der Waals surface area (Å²) in [7, 11) is 0. The molecular formula is C14H11Cl2NO2. The SMILES string of the molecule is Cc1cccc(C)c1OC(=O)c1cnc(Cl)c(Cl)c1. The molecule has 5 heteroatoms. The van der Waals surface area contributed by atoms with E-state index in [1.54, 1.807) is 0 Å². The number of ether oxygens (including phenoxy) is 1. The van der Waals surface area contributed by atoms with Crippen LogP contribution in [0.2, 0.25) is 10.2 Å². The highest BCUT2D eigenvalue weighted by molar-refractivity contribution is 6.41. The summed E-state index contributed by atoms with van der Waals surface area (Å²) in [5, 5.41) is 0.378. The van der Waals surface area contributed by atoms with Gasteiger partial charge >= 0.3 is 5.97 Å². The molecule has 1 aromatic heterocycles. The molecule has 19 heavy (non-hydrogen) atoms. The quantitative estimate of drug-likeness (QED) is 0.473. The molecule has 0 radical (unpaired) electrons. The topological polar surface area (TPSA) is 39.2 Å². The number of hydrogen-bond donors (Lipinski definition) is 0. The zero-order valence-corrected chi connectivity index (χ0v) is 11.9. The molecule has 0 bridgehead atoms. The molecule has 2 rings (SSSR count). The third-order valence-corrected chi connectivity index (χ3v) is 3.32. The van der Waals surface area contributed by atoms with Crippen LogP contribution in [0.4, 0.5) is 0 Å². The highest BCUT2D eigenvalue weighted by Gasteiger charge is 2.14. The molecule has 0 saturated carbocycles. The standard InChI is InChI=1S/C14H11Cl2NO2/c1-8-4-3-5-9(2)12(8)19-14(18)10-6-11(15)13(16)17-7-10/h3-7H,1-2H3. The normalized spacial score (nSPS) is 10.3. The summed E-state index contributed by atoms with van der Waals surface area (Å²) in [6.45, 7) is 3.76. The minimum absolute atomic E-state index is 0.158. The number of pyridine rings is 1. The summed E-state index contributed by atoms with van der Waals surface area (Å²) in [6, 6.07) is 7.10. The van der Waals surface area contributed by atoms with Gasteiger partial charge in [-0.05, 0) is 31.0 Å². The first-order valence-electron chi connectivity index (χ1n) is 5.58. The van der Waals surface area contributed by atoms with E-state index < -0.39 is 5.97 Å². The van der Waals surface area contributed by atoms with E-state index in [0.29, 0.717) is 5.75 Å². The van der Waals surface area contributed by atoms with Crippen molar-refractivity contribution < 1.29 is 9.53 Å². The number of carbonyl (C=O) groups excluding carboxylic acids is 1. The van der Waals surface area contributed by atoms with Gasteiger partial charge in [-0.15, -0.1) is 0 Å². The number of rotatable bonds is 2. The molecule has 0 aliphatic heterocycles. The van der Waals surface area contributed by atoms with Crippen LogP contribution >= 0.6 is 23.2 Å². The second-order valence-electron chi connectivity index (χ2n) is 4.11. The number of halogens is 2. The van der Waals surface area contributed by atoms with Crippen LogP contribution in [-0.4, -0.2) is 11.0 Å². The van der Waals surface area contributed by atoms with Crippen molar-refractivity contribution in [2.45, 2.75) is 13.8 Å². The van der Waals surface area contributed by atoms with Gasteiger partial charge < -0.3 is 4.74 Å². The molecule has 0 unspecified atom stereocenters. The van der Waals surface area contributed by atoms with E-state index in [0.717, 1.165) is 11.1 Å². The third kappa shape index (κ3) is 3.06. The minimum atomic E-state index is -0.511.